The second kappa shape index (κ2) is 9.39. The van der Waals surface area contributed by atoms with Crippen LogP contribution >= 0.6 is 0 Å². The van der Waals surface area contributed by atoms with Crippen molar-refractivity contribution < 1.29 is 14.2 Å². The molecule has 0 bridgehead atoms. The Hall–Kier alpha value is -2.73. The van der Waals surface area contributed by atoms with Crippen LogP contribution in [0.15, 0.2) is 60.6 Å². The quantitative estimate of drug-likeness (QED) is 0.643. The molecule has 1 saturated carbocycles. The number of hydrogen-bond donors (Lipinski definition) is 3. The minimum atomic E-state index is -0.276. The number of nitrogens with one attached hydrogen (secondary N) is 2. The van der Waals surface area contributed by atoms with Gasteiger partial charge in [-0.2, -0.15) is 0 Å². The summed E-state index contributed by atoms with van der Waals surface area (Å²) in [7, 11) is 0. The van der Waals surface area contributed by atoms with Crippen LogP contribution in [0, 0.1) is 5.82 Å². The Morgan fingerprint density at radius 1 is 1.17 bits per heavy atom. The van der Waals surface area contributed by atoms with Crippen LogP contribution in [0.5, 0.6) is 5.75 Å². The number of aliphatic hydroxyl groups excluding tert-OH is 1. The van der Waals surface area contributed by atoms with Gasteiger partial charge in [-0.25, -0.2) is 4.39 Å². The van der Waals surface area contributed by atoms with E-state index in [0.29, 0.717) is 18.4 Å². The first-order valence-electron chi connectivity index (χ1n) is 10.7. The molecule has 0 unspecified atom stereocenters. The molecule has 1 fully saturated rings. The molecule has 3 N–H and O–H groups in total. The lowest BCUT2D eigenvalue weighted by Crippen LogP contribution is -2.42. The van der Waals surface area contributed by atoms with Crippen molar-refractivity contribution in [3.63, 3.8) is 0 Å². The van der Waals surface area contributed by atoms with Crippen LogP contribution < -0.4 is 15.4 Å². The predicted molar refractivity (Wildman–Crippen MR) is 115 cm³/mol. The Morgan fingerprint density at radius 3 is 2.70 bits per heavy atom. The number of rotatable bonds is 7. The summed E-state index contributed by atoms with van der Waals surface area (Å²) in [5.41, 5.74) is 1.86. The van der Waals surface area contributed by atoms with Gasteiger partial charge >= 0.3 is 0 Å². The van der Waals surface area contributed by atoms with Crippen molar-refractivity contribution in [2.24, 2.45) is 0 Å². The maximum Gasteiger partial charge on any atom is 0.125 e. The van der Waals surface area contributed by atoms with E-state index < -0.39 is 0 Å². The van der Waals surface area contributed by atoms with Gasteiger partial charge in [-0.1, -0.05) is 30.3 Å². The zero-order valence-corrected chi connectivity index (χ0v) is 17.4. The maximum atomic E-state index is 14.0. The van der Waals surface area contributed by atoms with Crippen LogP contribution in [0.4, 0.5) is 4.39 Å². The Bertz CT molecular complexity index is 866. The molecule has 2 aromatic rings. The summed E-state index contributed by atoms with van der Waals surface area (Å²) in [6.07, 6.45) is 5.43. The molecule has 0 saturated heterocycles. The lowest BCUT2D eigenvalue weighted by molar-refractivity contribution is 0.0861. The fourth-order valence-corrected chi connectivity index (χ4v) is 4.25. The van der Waals surface area contributed by atoms with Gasteiger partial charge in [0.2, 0.25) is 0 Å². The van der Waals surface area contributed by atoms with E-state index >= 15 is 0 Å². The molecule has 1 heterocycles. The molecule has 0 amide bonds. The van der Waals surface area contributed by atoms with Gasteiger partial charge in [0, 0.05) is 17.8 Å². The summed E-state index contributed by atoms with van der Waals surface area (Å²) in [5.74, 6) is 1.41. The number of nitrogens with zero attached hydrogens (tertiary/aromatic N) is 1. The van der Waals surface area contributed by atoms with E-state index in [-0.39, 0.29) is 18.0 Å². The first kappa shape index (κ1) is 20.5. The van der Waals surface area contributed by atoms with Crippen molar-refractivity contribution in [2.75, 3.05) is 6.67 Å². The van der Waals surface area contributed by atoms with E-state index in [1.54, 1.807) is 12.1 Å². The minimum Gasteiger partial charge on any atom is -0.489 e. The van der Waals surface area contributed by atoms with Gasteiger partial charge in [0.15, 0.2) is 0 Å². The van der Waals surface area contributed by atoms with Crippen molar-refractivity contribution in [2.45, 2.75) is 57.4 Å². The monoisotopic (exact) mass is 411 g/mol. The second-order valence-electron chi connectivity index (χ2n) is 8.15. The van der Waals surface area contributed by atoms with Gasteiger partial charge in [0.25, 0.3) is 0 Å². The molecule has 4 rings (SSSR count). The Labute approximate surface area is 177 Å². The van der Waals surface area contributed by atoms with Crippen molar-refractivity contribution in [3.8, 4) is 5.75 Å². The fraction of sp³-hybridized carbons (Fsp3) is 0.417. The summed E-state index contributed by atoms with van der Waals surface area (Å²) in [4.78, 5) is 2.31. The highest BCUT2D eigenvalue weighted by Gasteiger charge is 2.29. The zero-order chi connectivity index (χ0) is 20.9. The number of ether oxygens (including phenoxy) is 1. The van der Waals surface area contributed by atoms with E-state index in [2.05, 4.69) is 15.5 Å². The summed E-state index contributed by atoms with van der Waals surface area (Å²) in [6, 6.07) is 14.9. The Morgan fingerprint density at radius 2 is 1.93 bits per heavy atom. The molecule has 30 heavy (non-hydrogen) atoms. The lowest BCUT2D eigenvalue weighted by atomic mass is 9.92. The summed E-state index contributed by atoms with van der Waals surface area (Å²) >= 11 is 0. The zero-order valence-electron chi connectivity index (χ0n) is 17.4. The molecule has 0 aromatic heterocycles. The Kier molecular flexibility index (Phi) is 6.43. The molecule has 0 spiro atoms. The Balaban J connectivity index is 1.44. The van der Waals surface area contributed by atoms with Gasteiger partial charge in [-0.3, -0.25) is 0 Å². The number of hydrogen-bond acceptors (Lipinski definition) is 5. The molecule has 2 aromatic carbocycles. The average Bonchev–Trinajstić information content (AvgIpc) is 3.22. The molecule has 0 radical (unpaired) electrons. The smallest absolute Gasteiger partial charge is 0.125 e. The van der Waals surface area contributed by atoms with Crippen LogP contribution in [0.3, 0.4) is 0 Å². The summed E-state index contributed by atoms with van der Waals surface area (Å²) in [6.45, 7) is 3.20. The normalized spacial score (nSPS) is 22.2. The van der Waals surface area contributed by atoms with Gasteiger partial charge in [-0.15, -0.1) is 0 Å². The van der Waals surface area contributed by atoms with Gasteiger partial charge in [-0.05, 0) is 56.4 Å². The van der Waals surface area contributed by atoms with Crippen molar-refractivity contribution in [1.29, 1.82) is 0 Å². The molecular weight excluding hydrogens is 381 g/mol. The third-order valence-electron chi connectivity index (χ3n) is 5.96. The number of aliphatic hydroxyl groups is 1. The minimum absolute atomic E-state index is 0.130. The molecule has 5 nitrogen and oxygen atoms in total. The van der Waals surface area contributed by atoms with E-state index in [1.807, 2.05) is 43.5 Å². The molecule has 1 aliphatic carbocycles. The van der Waals surface area contributed by atoms with Crippen molar-refractivity contribution in [3.05, 3.63) is 77.5 Å². The molecule has 1 aliphatic heterocycles. The average molecular weight is 412 g/mol. The lowest BCUT2D eigenvalue weighted by Gasteiger charge is -2.36. The van der Waals surface area contributed by atoms with Crippen molar-refractivity contribution in [1.82, 2.24) is 15.5 Å². The third-order valence-corrected chi connectivity index (χ3v) is 5.96. The second-order valence-corrected chi connectivity index (χ2v) is 8.15. The highest BCUT2D eigenvalue weighted by atomic mass is 19.1. The highest BCUT2D eigenvalue weighted by molar-refractivity contribution is 5.37. The van der Waals surface area contributed by atoms with E-state index in [0.717, 1.165) is 49.3 Å². The summed E-state index contributed by atoms with van der Waals surface area (Å²) in [5, 5.41) is 16.6. The SMILES string of the molecule is C[C@@H](NC1=CNCN1C1CCC(O)CC1)c1cc(F)ccc1OCc1ccccc1. The van der Waals surface area contributed by atoms with Gasteiger partial charge in [0.05, 0.1) is 18.8 Å². The van der Waals surface area contributed by atoms with Crippen LogP contribution in [0.2, 0.25) is 0 Å². The molecule has 6 heteroatoms. The highest BCUT2D eigenvalue weighted by Crippen LogP contribution is 2.30. The molecule has 2 aliphatic rings. The van der Waals surface area contributed by atoms with E-state index in [9.17, 15) is 9.50 Å². The van der Waals surface area contributed by atoms with E-state index in [1.165, 1.54) is 6.07 Å². The molecular formula is C24H30FN3O2. The number of benzene rings is 2. The third kappa shape index (κ3) is 4.87. The standard InChI is InChI=1S/C24H30FN3O2/c1-17(27-24-14-26-16-28(24)20-8-10-21(29)11-9-20)22-13-19(25)7-12-23(22)30-15-18-5-3-2-4-6-18/h2-7,12-14,17,20-21,26-27,29H,8-11,15-16H2,1H3/t17-,20?,21?/m1/s1. The molecule has 1 atom stereocenters. The van der Waals surface area contributed by atoms with Crippen LogP contribution in [0.1, 0.15) is 49.8 Å². The largest absolute Gasteiger partial charge is 0.489 e. The van der Waals surface area contributed by atoms with Crippen LogP contribution in [0.25, 0.3) is 0 Å². The van der Waals surface area contributed by atoms with Gasteiger partial charge in [0.1, 0.15) is 24.0 Å². The van der Waals surface area contributed by atoms with Crippen molar-refractivity contribution >= 4 is 0 Å². The topological polar surface area (TPSA) is 56.8 Å². The fourth-order valence-electron chi connectivity index (χ4n) is 4.25. The van der Waals surface area contributed by atoms with Gasteiger partial charge < -0.3 is 25.4 Å². The first-order valence-corrected chi connectivity index (χ1v) is 10.7. The number of halogens is 1. The summed E-state index contributed by atoms with van der Waals surface area (Å²) < 4.78 is 20.1. The maximum absolute atomic E-state index is 14.0. The van der Waals surface area contributed by atoms with Crippen LogP contribution in [-0.4, -0.2) is 28.8 Å². The molecule has 160 valence electrons. The predicted octanol–water partition coefficient (Wildman–Crippen LogP) is 4.02. The van der Waals surface area contributed by atoms with E-state index in [4.69, 9.17) is 4.74 Å². The first-order chi connectivity index (χ1) is 14.6. The van der Waals surface area contributed by atoms with Crippen LogP contribution in [-0.2, 0) is 6.61 Å².